The molecule has 1 atom stereocenters. The van der Waals surface area contributed by atoms with Gasteiger partial charge in [-0.3, -0.25) is 14.5 Å². The third-order valence-electron chi connectivity index (χ3n) is 4.94. The fraction of sp³-hybridized carbons (Fsp3) is 0.429. The van der Waals surface area contributed by atoms with E-state index in [0.29, 0.717) is 18.0 Å². The van der Waals surface area contributed by atoms with E-state index < -0.39 is 0 Å². The van der Waals surface area contributed by atoms with Gasteiger partial charge in [-0.15, -0.1) is 11.3 Å². The maximum atomic E-state index is 12.3. The first-order valence-electron chi connectivity index (χ1n) is 9.64. The van der Waals surface area contributed by atoms with Crippen LogP contribution >= 0.6 is 11.3 Å². The molecule has 1 aliphatic heterocycles. The maximum absolute atomic E-state index is 12.3. The number of nitrogens with zero attached hydrogens (tertiary/aromatic N) is 1. The van der Waals surface area contributed by atoms with Crippen molar-refractivity contribution in [3.63, 3.8) is 0 Å². The summed E-state index contributed by atoms with van der Waals surface area (Å²) in [7, 11) is 1.66. The summed E-state index contributed by atoms with van der Waals surface area (Å²) in [6.45, 7) is 2.95. The quantitative estimate of drug-likeness (QED) is 0.678. The van der Waals surface area contributed by atoms with Crippen molar-refractivity contribution in [3.8, 4) is 5.75 Å². The number of rotatable bonds is 9. The van der Waals surface area contributed by atoms with Gasteiger partial charge < -0.3 is 15.4 Å². The Labute approximate surface area is 169 Å². The second-order valence-electron chi connectivity index (χ2n) is 6.82. The van der Waals surface area contributed by atoms with E-state index in [9.17, 15) is 9.59 Å². The molecular formula is C21H27N3O3S. The van der Waals surface area contributed by atoms with E-state index >= 15 is 0 Å². The number of amides is 2. The standard InChI is InChI=1S/C21H27N3O3S/c1-27-17-7-4-6-16(14-17)18(24-11-2-3-12-24)15-23-20(25)9-10-22-21(26)19-8-5-13-28-19/h4-8,13-14,18H,2-3,9-12,15H2,1H3,(H,22,26)(H,23,25). The van der Waals surface area contributed by atoms with Crippen LogP contribution in [0.3, 0.4) is 0 Å². The molecule has 2 heterocycles. The zero-order chi connectivity index (χ0) is 19.8. The van der Waals surface area contributed by atoms with E-state index in [4.69, 9.17) is 4.74 Å². The zero-order valence-corrected chi connectivity index (χ0v) is 17.0. The summed E-state index contributed by atoms with van der Waals surface area (Å²) in [6, 6.07) is 11.8. The number of carbonyl (C=O) groups excluding carboxylic acids is 2. The molecule has 1 aliphatic rings. The molecule has 0 saturated carbocycles. The molecule has 7 heteroatoms. The summed E-state index contributed by atoms with van der Waals surface area (Å²) in [6.07, 6.45) is 2.63. The van der Waals surface area contributed by atoms with Crippen LogP contribution in [-0.2, 0) is 4.79 Å². The number of methoxy groups -OCH3 is 1. The van der Waals surface area contributed by atoms with Crippen molar-refractivity contribution in [1.29, 1.82) is 0 Å². The van der Waals surface area contributed by atoms with Gasteiger partial charge in [-0.25, -0.2) is 0 Å². The third-order valence-corrected chi connectivity index (χ3v) is 5.80. The van der Waals surface area contributed by atoms with Crippen molar-refractivity contribution >= 4 is 23.2 Å². The lowest BCUT2D eigenvalue weighted by Crippen LogP contribution is -2.38. The van der Waals surface area contributed by atoms with Crippen LogP contribution in [-0.4, -0.2) is 50.0 Å². The van der Waals surface area contributed by atoms with Crippen molar-refractivity contribution in [2.45, 2.75) is 25.3 Å². The van der Waals surface area contributed by atoms with Gasteiger partial charge in [0, 0.05) is 19.5 Å². The number of nitrogens with one attached hydrogen (secondary N) is 2. The van der Waals surface area contributed by atoms with Gasteiger partial charge in [0.05, 0.1) is 18.0 Å². The number of hydrogen-bond donors (Lipinski definition) is 2. The third kappa shape index (κ3) is 5.56. The largest absolute Gasteiger partial charge is 0.497 e. The van der Waals surface area contributed by atoms with Crippen molar-refractivity contribution < 1.29 is 14.3 Å². The highest BCUT2D eigenvalue weighted by Gasteiger charge is 2.24. The van der Waals surface area contributed by atoms with Crippen molar-refractivity contribution in [2.75, 3.05) is 33.3 Å². The second kappa shape index (κ2) is 10.2. The lowest BCUT2D eigenvalue weighted by Gasteiger charge is -2.28. The lowest BCUT2D eigenvalue weighted by atomic mass is 10.0. The van der Waals surface area contributed by atoms with E-state index in [1.54, 1.807) is 13.2 Å². The van der Waals surface area contributed by atoms with Crippen LogP contribution in [0.5, 0.6) is 5.75 Å². The predicted octanol–water partition coefficient (Wildman–Crippen LogP) is 2.83. The van der Waals surface area contributed by atoms with Crippen LogP contribution in [0.1, 0.15) is 40.5 Å². The molecule has 150 valence electrons. The van der Waals surface area contributed by atoms with E-state index in [2.05, 4.69) is 21.6 Å². The number of ether oxygens (including phenoxy) is 1. The molecule has 0 spiro atoms. The molecule has 2 N–H and O–H groups in total. The Morgan fingerprint density at radius 3 is 2.71 bits per heavy atom. The molecular weight excluding hydrogens is 374 g/mol. The zero-order valence-electron chi connectivity index (χ0n) is 16.1. The smallest absolute Gasteiger partial charge is 0.261 e. The fourth-order valence-electron chi connectivity index (χ4n) is 3.44. The minimum absolute atomic E-state index is 0.0569. The monoisotopic (exact) mass is 401 g/mol. The Balaban J connectivity index is 1.51. The predicted molar refractivity (Wildman–Crippen MR) is 111 cm³/mol. The Hall–Kier alpha value is -2.38. The van der Waals surface area contributed by atoms with Gasteiger partial charge in [-0.2, -0.15) is 0 Å². The molecule has 1 aromatic carbocycles. The molecule has 3 rings (SSSR count). The molecule has 0 radical (unpaired) electrons. The number of benzene rings is 1. The van der Waals surface area contributed by atoms with Crippen molar-refractivity contribution in [1.82, 2.24) is 15.5 Å². The Bertz CT molecular complexity index is 773. The highest BCUT2D eigenvalue weighted by molar-refractivity contribution is 7.12. The van der Waals surface area contributed by atoms with E-state index in [1.165, 1.54) is 24.2 Å². The van der Waals surface area contributed by atoms with Gasteiger partial charge in [0.1, 0.15) is 5.75 Å². The van der Waals surface area contributed by atoms with Crippen LogP contribution in [0.4, 0.5) is 0 Å². The number of hydrogen-bond acceptors (Lipinski definition) is 5. The average Bonchev–Trinajstić information content (AvgIpc) is 3.42. The number of likely N-dealkylation sites (tertiary alicyclic amines) is 1. The van der Waals surface area contributed by atoms with Gasteiger partial charge in [-0.05, 0) is 55.1 Å². The van der Waals surface area contributed by atoms with Crippen LogP contribution < -0.4 is 15.4 Å². The summed E-state index contributed by atoms with van der Waals surface area (Å²) in [4.78, 5) is 27.3. The normalized spacial score (nSPS) is 15.2. The molecule has 1 fully saturated rings. The van der Waals surface area contributed by atoms with Gasteiger partial charge in [0.2, 0.25) is 5.91 Å². The molecule has 0 aliphatic carbocycles. The summed E-state index contributed by atoms with van der Waals surface area (Å²) in [5, 5.41) is 7.68. The Morgan fingerprint density at radius 1 is 1.18 bits per heavy atom. The molecule has 0 bridgehead atoms. The van der Waals surface area contributed by atoms with Gasteiger partial charge in [-0.1, -0.05) is 18.2 Å². The maximum Gasteiger partial charge on any atom is 0.261 e. The highest BCUT2D eigenvalue weighted by atomic mass is 32.1. The fourth-order valence-corrected chi connectivity index (χ4v) is 4.08. The van der Waals surface area contributed by atoms with Gasteiger partial charge >= 0.3 is 0 Å². The second-order valence-corrected chi connectivity index (χ2v) is 7.77. The molecule has 6 nitrogen and oxygen atoms in total. The Morgan fingerprint density at radius 2 is 2.00 bits per heavy atom. The van der Waals surface area contributed by atoms with Crippen molar-refractivity contribution in [3.05, 3.63) is 52.2 Å². The molecule has 1 aromatic heterocycles. The number of carbonyl (C=O) groups is 2. The topological polar surface area (TPSA) is 70.7 Å². The molecule has 28 heavy (non-hydrogen) atoms. The first-order chi connectivity index (χ1) is 13.7. The first kappa shape index (κ1) is 20.4. The van der Waals surface area contributed by atoms with Crippen molar-refractivity contribution in [2.24, 2.45) is 0 Å². The van der Waals surface area contributed by atoms with Crippen LogP contribution in [0, 0.1) is 0 Å². The average molecular weight is 402 g/mol. The van der Waals surface area contributed by atoms with Gasteiger partial charge in [0.15, 0.2) is 0 Å². The molecule has 1 unspecified atom stereocenters. The van der Waals surface area contributed by atoms with E-state index in [0.717, 1.165) is 24.4 Å². The molecule has 1 saturated heterocycles. The first-order valence-corrected chi connectivity index (χ1v) is 10.5. The van der Waals surface area contributed by atoms with Crippen LogP contribution in [0.2, 0.25) is 0 Å². The summed E-state index contributed by atoms with van der Waals surface area (Å²) < 4.78 is 5.35. The summed E-state index contributed by atoms with van der Waals surface area (Å²) in [5.41, 5.74) is 1.15. The van der Waals surface area contributed by atoms with Crippen LogP contribution in [0.25, 0.3) is 0 Å². The number of thiophene rings is 1. The van der Waals surface area contributed by atoms with E-state index in [-0.39, 0.29) is 24.3 Å². The Kier molecular flexibility index (Phi) is 7.45. The lowest BCUT2D eigenvalue weighted by molar-refractivity contribution is -0.121. The minimum atomic E-state index is -0.130. The minimum Gasteiger partial charge on any atom is -0.497 e. The van der Waals surface area contributed by atoms with E-state index in [1.807, 2.05) is 29.6 Å². The summed E-state index contributed by atoms with van der Waals surface area (Å²) >= 11 is 1.39. The highest BCUT2D eigenvalue weighted by Crippen LogP contribution is 2.27. The molecule has 2 aromatic rings. The molecule has 2 amide bonds. The van der Waals surface area contributed by atoms with Gasteiger partial charge in [0.25, 0.3) is 5.91 Å². The van der Waals surface area contributed by atoms with Crippen LogP contribution in [0.15, 0.2) is 41.8 Å². The summed E-state index contributed by atoms with van der Waals surface area (Å²) in [5.74, 6) is 0.636. The SMILES string of the molecule is COc1cccc(C(CNC(=O)CCNC(=O)c2cccs2)N2CCCC2)c1.